The Morgan fingerprint density at radius 2 is 0.587 bits per heavy atom. The van der Waals surface area contributed by atoms with E-state index in [1.165, 1.54) is 0 Å². The van der Waals surface area contributed by atoms with Crippen LogP contribution in [0.15, 0.2) is 0 Å². The zero-order valence-corrected chi connectivity index (χ0v) is 29.9. The Hall–Kier alpha value is -3.51. The van der Waals surface area contributed by atoms with Crippen LogP contribution in [-0.2, 0) is 42.8 Å². The van der Waals surface area contributed by atoms with Gasteiger partial charge in [0.25, 0.3) is 0 Å². The summed E-state index contributed by atoms with van der Waals surface area (Å²) in [6, 6.07) is 0. The lowest BCUT2D eigenvalue weighted by Gasteiger charge is -2.31. The molecule has 0 heterocycles. The van der Waals surface area contributed by atoms with Crippen molar-refractivity contribution in [3.8, 4) is 0 Å². The van der Waals surface area contributed by atoms with Gasteiger partial charge in [0.05, 0.1) is 13.2 Å². The van der Waals surface area contributed by atoms with E-state index in [-0.39, 0.29) is 0 Å². The van der Waals surface area contributed by atoms with E-state index in [0.29, 0.717) is 0 Å². The normalized spacial score (nSPS) is 15.0. The average molecular weight is 998 g/mol. The third-order valence-corrected chi connectivity index (χ3v) is 7.10. The number of ether oxygens (including phenoxy) is 6. The van der Waals surface area contributed by atoms with E-state index in [0.717, 1.165) is 0 Å². The van der Waals surface area contributed by atoms with Crippen molar-refractivity contribution in [1.82, 2.24) is 0 Å². The summed E-state index contributed by atoms with van der Waals surface area (Å²) in [6.45, 7) is -6.46. The summed E-state index contributed by atoms with van der Waals surface area (Å²) in [4.78, 5) is 30.6. The lowest BCUT2D eigenvalue weighted by Crippen LogP contribution is -2.56. The van der Waals surface area contributed by atoms with Crippen LogP contribution in [0.25, 0.3) is 0 Å². The van der Waals surface area contributed by atoms with Crippen molar-refractivity contribution in [3.05, 3.63) is 0 Å². The fourth-order valence-corrected chi connectivity index (χ4v) is 3.62. The SMILES string of the molecule is O=C(O)C(F)(F)C(F)(F)OC(F)(F)C(F)(F)CCCOCC(COCCCC(F)(F)C(F)(F)OC(F)(F)C(F)(F)C(=O)O)OCCCC(F)(F)C(F)(F)OC(F)(F)C(F)(F)C(=O)O. The van der Waals surface area contributed by atoms with Crippen LogP contribution in [-0.4, -0.2) is 145 Å². The van der Waals surface area contributed by atoms with Crippen molar-refractivity contribution >= 4 is 17.9 Å². The maximum Gasteiger partial charge on any atom is 0.435 e. The lowest BCUT2D eigenvalue weighted by molar-refractivity contribution is -0.462. The molecule has 0 aliphatic heterocycles. The van der Waals surface area contributed by atoms with E-state index < -0.39 is 168 Å². The topological polar surface area (TPSA) is 167 Å². The second-order valence-electron chi connectivity index (χ2n) is 12.1. The molecule has 0 fully saturated rings. The van der Waals surface area contributed by atoms with Gasteiger partial charge < -0.3 is 29.5 Å². The smallest absolute Gasteiger partial charge is 0.435 e. The van der Waals surface area contributed by atoms with Crippen LogP contribution in [0.3, 0.4) is 0 Å². The van der Waals surface area contributed by atoms with E-state index in [4.69, 9.17) is 20.1 Å². The molecule has 0 aliphatic carbocycles. The Morgan fingerprint density at radius 1 is 0.365 bits per heavy atom. The van der Waals surface area contributed by atoms with Crippen molar-refractivity contribution in [3.63, 3.8) is 0 Å². The van der Waals surface area contributed by atoms with Gasteiger partial charge in [0.15, 0.2) is 0 Å². The van der Waals surface area contributed by atoms with Crippen LogP contribution in [0, 0.1) is 0 Å². The number of carboxylic acid groups (broad SMARTS) is 3. The summed E-state index contributed by atoms with van der Waals surface area (Å²) in [6.07, 6.45) is -53.5. The van der Waals surface area contributed by atoms with Gasteiger partial charge in [0, 0.05) is 39.1 Å². The number of alkyl halides is 24. The molecular weight excluding hydrogens is 972 g/mol. The second-order valence-corrected chi connectivity index (χ2v) is 12.1. The van der Waals surface area contributed by atoms with Gasteiger partial charge >= 0.3 is 90.1 Å². The standard InChI is InChI=1S/C27H26F24O12/c28-16(29,22(40,41)61-25(46,47)19(34,35)13(52)53)4-1-7-58-10-12(60-9-3-6-18(32,33)24(44,45)63-27(50,51)21(38,39)15(56)57)11-59-8-2-5-17(30,31)23(42,43)62-26(48,49)20(36,37)14(54)55/h12H,1-11H2,(H,52,53)(H,54,55)(H,56,57). The van der Waals surface area contributed by atoms with Crippen LogP contribution in [0.1, 0.15) is 38.5 Å². The van der Waals surface area contributed by atoms with Gasteiger partial charge in [0.1, 0.15) is 6.10 Å². The first kappa shape index (κ1) is 59.5. The van der Waals surface area contributed by atoms with Crippen LogP contribution >= 0.6 is 0 Å². The molecule has 0 rings (SSSR count). The summed E-state index contributed by atoms with van der Waals surface area (Å²) in [5, 5.41) is 24.1. The van der Waals surface area contributed by atoms with E-state index >= 15 is 0 Å². The average Bonchev–Trinajstić information content (AvgIpc) is 3.07. The molecule has 0 saturated carbocycles. The predicted molar refractivity (Wildman–Crippen MR) is 145 cm³/mol. The molecule has 3 N–H and O–H groups in total. The van der Waals surface area contributed by atoms with E-state index in [1.807, 2.05) is 0 Å². The van der Waals surface area contributed by atoms with Crippen LogP contribution in [0.4, 0.5) is 105 Å². The summed E-state index contributed by atoms with van der Waals surface area (Å²) >= 11 is 0. The first-order valence-electron chi connectivity index (χ1n) is 15.8. The number of halogens is 24. The molecule has 0 saturated heterocycles. The Morgan fingerprint density at radius 3 is 0.810 bits per heavy atom. The van der Waals surface area contributed by atoms with Crippen LogP contribution in [0.2, 0.25) is 0 Å². The van der Waals surface area contributed by atoms with Crippen molar-refractivity contribution < 1.29 is 163 Å². The van der Waals surface area contributed by atoms with Gasteiger partial charge in [-0.05, 0) is 19.3 Å². The fraction of sp³-hybridized carbons (Fsp3) is 0.889. The highest BCUT2D eigenvalue weighted by molar-refractivity contribution is 5.77. The van der Waals surface area contributed by atoms with Crippen molar-refractivity contribution in [2.24, 2.45) is 0 Å². The molecule has 0 aromatic heterocycles. The highest BCUT2D eigenvalue weighted by atomic mass is 19.4. The Kier molecular flexibility index (Phi) is 19.2. The molecule has 0 radical (unpaired) electrons. The molecule has 0 bridgehead atoms. The molecule has 0 spiro atoms. The fourth-order valence-electron chi connectivity index (χ4n) is 3.62. The first-order valence-corrected chi connectivity index (χ1v) is 15.8. The summed E-state index contributed by atoms with van der Waals surface area (Å²) < 4.78 is 344. The number of hydrogen-bond donors (Lipinski definition) is 3. The molecule has 0 aromatic carbocycles. The van der Waals surface area contributed by atoms with Crippen molar-refractivity contribution in [1.29, 1.82) is 0 Å². The minimum absolute atomic E-state index is 1.25. The zero-order valence-electron chi connectivity index (χ0n) is 29.9. The molecule has 0 atom stereocenters. The first-order chi connectivity index (χ1) is 27.7. The third-order valence-electron chi connectivity index (χ3n) is 7.10. The number of carboxylic acids is 3. The summed E-state index contributed by atoms with van der Waals surface area (Å²) in [5.74, 6) is -48.5. The highest BCUT2D eigenvalue weighted by Gasteiger charge is 2.74. The van der Waals surface area contributed by atoms with Crippen LogP contribution in [0.5, 0.6) is 0 Å². The minimum atomic E-state index is -6.79. The largest absolute Gasteiger partial charge is 0.477 e. The number of aliphatic carboxylic acids is 3. The summed E-state index contributed by atoms with van der Waals surface area (Å²) in [5.41, 5.74) is 0. The summed E-state index contributed by atoms with van der Waals surface area (Å²) in [7, 11) is 0. The van der Waals surface area contributed by atoms with Gasteiger partial charge in [0.2, 0.25) is 0 Å². The molecule has 0 amide bonds. The highest BCUT2D eigenvalue weighted by Crippen LogP contribution is 2.49. The van der Waals surface area contributed by atoms with Crippen molar-refractivity contribution in [2.45, 2.75) is 117 Å². The molecular formula is C27H26F24O12. The van der Waals surface area contributed by atoms with E-state index in [2.05, 4.69) is 23.7 Å². The van der Waals surface area contributed by atoms with Gasteiger partial charge in [-0.15, -0.1) is 0 Å². The van der Waals surface area contributed by atoms with E-state index in [9.17, 15) is 120 Å². The van der Waals surface area contributed by atoms with Crippen LogP contribution < -0.4 is 0 Å². The molecule has 0 aromatic rings. The second kappa shape index (κ2) is 20.3. The molecule has 63 heavy (non-hydrogen) atoms. The Labute approximate surface area is 332 Å². The Bertz CT molecular complexity index is 1450. The van der Waals surface area contributed by atoms with Gasteiger partial charge in [-0.1, -0.05) is 0 Å². The zero-order chi connectivity index (χ0) is 50.3. The minimum Gasteiger partial charge on any atom is -0.477 e. The number of hydrogen-bond acceptors (Lipinski definition) is 9. The molecule has 12 nitrogen and oxygen atoms in total. The maximum absolute atomic E-state index is 14.0. The lowest BCUT2D eigenvalue weighted by atomic mass is 10.1. The third kappa shape index (κ3) is 14.8. The quantitative estimate of drug-likeness (QED) is 0.0436. The molecule has 0 aliphatic rings. The number of carbonyl (C=O) groups is 3. The monoisotopic (exact) mass is 998 g/mol. The van der Waals surface area contributed by atoms with E-state index in [1.54, 1.807) is 0 Å². The van der Waals surface area contributed by atoms with Crippen molar-refractivity contribution in [2.75, 3.05) is 33.0 Å². The molecule has 36 heteroatoms. The van der Waals surface area contributed by atoms with Gasteiger partial charge in [-0.25, -0.2) is 28.6 Å². The predicted octanol–water partition coefficient (Wildman–Crippen LogP) is 8.42. The number of rotatable bonds is 32. The maximum atomic E-state index is 14.0. The van der Waals surface area contributed by atoms with Gasteiger partial charge in [-0.3, -0.25) is 0 Å². The molecule has 0 unspecified atom stereocenters. The van der Waals surface area contributed by atoms with Gasteiger partial charge in [-0.2, -0.15) is 105 Å². The molecule has 374 valence electrons. The Balaban J connectivity index is 5.79.